The summed E-state index contributed by atoms with van der Waals surface area (Å²) in [6.45, 7) is -0.192. The van der Waals surface area contributed by atoms with Crippen LogP contribution in [-0.2, 0) is 61.3 Å². The van der Waals surface area contributed by atoms with Crippen molar-refractivity contribution >= 4 is 63.5 Å². The van der Waals surface area contributed by atoms with Gasteiger partial charge >= 0.3 is 118 Å². The fourth-order valence-corrected chi connectivity index (χ4v) is 7.87. The number of hydrogen-bond acceptors (Lipinski definition) is 24. The van der Waals surface area contributed by atoms with Crippen molar-refractivity contribution in [1.82, 2.24) is 24.5 Å². The van der Waals surface area contributed by atoms with Gasteiger partial charge in [0.15, 0.2) is 17.3 Å². The third kappa shape index (κ3) is 16.7. The number of fused-ring (bicyclic) bond motifs is 2. The first-order valence-corrected chi connectivity index (χ1v) is 23.8. The Morgan fingerprint density at radius 1 is 0.648 bits per heavy atom. The van der Waals surface area contributed by atoms with Crippen LogP contribution < -0.4 is 155 Å². The van der Waals surface area contributed by atoms with E-state index in [1.54, 1.807) is 30.3 Å². The van der Waals surface area contributed by atoms with E-state index in [0.29, 0.717) is 23.7 Å². The fraction of sp³-hybridized carbons (Fsp3) is 0.162. The molecule has 0 unspecified atom stereocenters. The molecule has 0 saturated heterocycles. The summed E-state index contributed by atoms with van der Waals surface area (Å²) in [7, 11) is -20.7. The van der Waals surface area contributed by atoms with Gasteiger partial charge in [0.2, 0.25) is 11.2 Å². The molecule has 26 nitrogen and oxygen atoms in total. The van der Waals surface area contributed by atoms with Gasteiger partial charge in [0, 0.05) is 36.3 Å². The number of methoxy groups -OCH3 is 1. The normalized spacial score (nSPS) is 11.6. The van der Waals surface area contributed by atoms with Gasteiger partial charge in [0.1, 0.15) is 46.3 Å². The molecule has 0 atom stereocenters. The molecule has 0 amide bonds. The number of unbranched alkanes of at least 4 members (excludes halogenated alkanes) is 1. The number of ether oxygens (including phenoxy) is 2. The van der Waals surface area contributed by atoms with E-state index in [1.807, 2.05) is 0 Å². The van der Waals surface area contributed by atoms with Crippen LogP contribution in [0.3, 0.4) is 0 Å². The van der Waals surface area contributed by atoms with Crippen molar-refractivity contribution in [2.24, 2.45) is 0 Å². The molecule has 7 rings (SSSR count). The monoisotopic (exact) mass is 1100 g/mol. The SMILES string of the molecule is COc1cc(OS(=O)(=O)[O-])cc2oc(-c3ccc(OS(=O)(=O)[O-])c(OCc4cn(CCCCn5c(-c6cccc(OS(=O)(=O)[O-])c6)nc6ccccc6c5=O)nn4)c3)c(OS(=O)(=O)[O-])c(=O)c12.[Na+].[Na+].[Na+].[Na+]. The Kier molecular flexibility index (Phi) is 22.2. The van der Waals surface area contributed by atoms with Gasteiger partial charge < -0.3 is 48.8 Å². The minimum absolute atomic E-state index is 0. The van der Waals surface area contributed by atoms with Crippen LogP contribution in [0.4, 0.5) is 0 Å². The van der Waals surface area contributed by atoms with Crippen LogP contribution in [0.15, 0.2) is 99.1 Å². The third-order valence-electron chi connectivity index (χ3n) is 9.03. The predicted molar refractivity (Wildman–Crippen MR) is 221 cm³/mol. The molecule has 0 aliphatic heterocycles. The quantitative estimate of drug-likeness (QED) is 0.0314. The van der Waals surface area contributed by atoms with Gasteiger partial charge in [-0.05, 0) is 55.3 Å². The first-order chi connectivity index (χ1) is 31.4. The average molecular weight is 1100 g/mol. The Bertz CT molecular complexity index is 3670. The van der Waals surface area contributed by atoms with Gasteiger partial charge in [-0.15, -0.1) is 5.10 Å². The van der Waals surface area contributed by atoms with E-state index in [1.165, 1.54) is 33.6 Å². The maximum absolute atomic E-state index is 13.7. The molecular formula is C37H27N5Na4O21S4. The van der Waals surface area contributed by atoms with Gasteiger partial charge in [-0.2, -0.15) is 0 Å². The predicted octanol–water partition coefficient (Wildman–Crippen LogP) is -10.1. The van der Waals surface area contributed by atoms with E-state index < -0.39 is 110 Å². The van der Waals surface area contributed by atoms with E-state index in [2.05, 4.69) is 32.0 Å². The number of aromatic nitrogens is 5. The summed E-state index contributed by atoms with van der Waals surface area (Å²) in [5, 5.41) is 7.71. The molecule has 4 aromatic carbocycles. The Hall–Kier alpha value is -3.19. The van der Waals surface area contributed by atoms with E-state index in [4.69, 9.17) is 13.9 Å². The standard InChI is InChI=1S/C37H31N5O21S4.4Na/c1-57-30-17-25(61-65(48,49)50)18-31-32(30)33(43)35(63-67(54,55)56)34(59-31)21-11-12-28(62-66(51,52)53)29(16-21)58-20-23-19-41(40-39-23)13-4-5-14-42-36(38-27-10-3-2-9-26(27)37(42)44)22-7-6-8-24(15-22)60-64(45,46)47;;;;/h2-3,6-12,15-19H,4-5,13-14,20H2,1H3,(H,45,46,47)(H,48,49,50)(H,51,52,53)(H,54,55,56);;;;/q;4*+1/p-4. The molecule has 3 aromatic heterocycles. The second-order valence-electron chi connectivity index (χ2n) is 13.6. The minimum Gasteiger partial charge on any atom is -0.716 e. The van der Waals surface area contributed by atoms with Crippen LogP contribution >= 0.6 is 0 Å². The number of aryl methyl sites for hydroxylation is 1. The summed E-state index contributed by atoms with van der Waals surface area (Å²) in [6, 6.07) is 16.2. The molecule has 0 fully saturated rings. The van der Waals surface area contributed by atoms with Gasteiger partial charge in [-0.25, -0.2) is 38.7 Å². The zero-order chi connectivity index (χ0) is 48.5. The zero-order valence-electron chi connectivity index (χ0n) is 37.6. The van der Waals surface area contributed by atoms with Gasteiger partial charge in [-0.1, -0.05) is 29.5 Å². The van der Waals surface area contributed by atoms with Gasteiger partial charge in [0.25, 0.3) is 47.2 Å². The van der Waals surface area contributed by atoms with Crippen LogP contribution in [0.1, 0.15) is 18.5 Å². The second kappa shape index (κ2) is 25.4. The summed E-state index contributed by atoms with van der Waals surface area (Å²) < 4.78 is 175. The number of benzene rings is 4. The van der Waals surface area contributed by atoms with Crippen LogP contribution in [0.2, 0.25) is 0 Å². The van der Waals surface area contributed by atoms with E-state index in [-0.39, 0.29) is 154 Å². The Morgan fingerprint density at radius 3 is 1.96 bits per heavy atom. The molecule has 3 heterocycles. The van der Waals surface area contributed by atoms with Crippen molar-refractivity contribution in [2.75, 3.05) is 7.11 Å². The first kappa shape index (κ1) is 62.1. The smallest absolute Gasteiger partial charge is 0.716 e. The molecule has 0 radical (unpaired) electrons. The van der Waals surface area contributed by atoms with Crippen molar-refractivity contribution in [3.63, 3.8) is 0 Å². The van der Waals surface area contributed by atoms with Crippen molar-refractivity contribution in [3.8, 4) is 57.2 Å². The largest absolute Gasteiger partial charge is 1.00 e. The molecular weight excluding hydrogens is 1070 g/mol. The van der Waals surface area contributed by atoms with Crippen molar-refractivity contribution in [3.05, 3.63) is 111 Å². The molecule has 7 aromatic rings. The van der Waals surface area contributed by atoms with Crippen molar-refractivity contribution in [1.29, 1.82) is 0 Å². The van der Waals surface area contributed by atoms with Crippen molar-refractivity contribution in [2.45, 2.75) is 32.5 Å². The van der Waals surface area contributed by atoms with Gasteiger partial charge in [0.05, 0.1) is 24.2 Å². The summed E-state index contributed by atoms with van der Waals surface area (Å²) in [5.41, 5.74) is -2.03. The first-order valence-electron chi connectivity index (χ1n) is 18.5. The molecule has 0 aliphatic rings. The Balaban J connectivity index is 0.00000333. The van der Waals surface area contributed by atoms with Crippen LogP contribution in [0.5, 0.6) is 34.5 Å². The van der Waals surface area contributed by atoms with Crippen LogP contribution in [0, 0.1) is 0 Å². The maximum Gasteiger partial charge on any atom is 1.00 e. The molecule has 0 aliphatic carbocycles. The molecule has 0 bridgehead atoms. The number of nitrogens with zero attached hydrogens (tertiary/aromatic N) is 5. The average Bonchev–Trinajstić information content (AvgIpc) is 3.68. The van der Waals surface area contributed by atoms with E-state index in [0.717, 1.165) is 37.4 Å². The summed E-state index contributed by atoms with van der Waals surface area (Å²) in [5.74, 6) is -4.81. The number of rotatable bonds is 19. The minimum atomic E-state index is -5.73. The van der Waals surface area contributed by atoms with E-state index >= 15 is 0 Å². The second-order valence-corrected chi connectivity index (χ2v) is 17.6. The number of hydrogen-bond donors (Lipinski definition) is 0. The summed E-state index contributed by atoms with van der Waals surface area (Å²) in [6.07, 6.45) is 2.15. The molecule has 71 heavy (non-hydrogen) atoms. The Labute approximate surface area is 490 Å². The molecule has 34 heteroatoms. The molecule has 354 valence electrons. The zero-order valence-corrected chi connectivity index (χ0v) is 48.8. The summed E-state index contributed by atoms with van der Waals surface area (Å²) in [4.78, 5) is 31.9. The van der Waals surface area contributed by atoms with Crippen molar-refractivity contribution < 1.29 is 201 Å². The summed E-state index contributed by atoms with van der Waals surface area (Å²) >= 11 is 0. The fourth-order valence-electron chi connectivity index (χ4n) is 6.49. The molecule has 0 N–H and O–H groups in total. The van der Waals surface area contributed by atoms with E-state index in [9.17, 15) is 61.5 Å². The third-order valence-corrected chi connectivity index (χ3v) is 10.6. The number of para-hydroxylation sites is 1. The molecule has 0 saturated carbocycles. The molecule has 0 spiro atoms. The van der Waals surface area contributed by atoms with Gasteiger partial charge in [-0.3, -0.25) is 18.8 Å². The Morgan fingerprint density at radius 2 is 1.30 bits per heavy atom. The van der Waals surface area contributed by atoms with Crippen LogP contribution in [-0.4, -0.2) is 83.5 Å². The topological polar surface area (TPSA) is 380 Å². The van der Waals surface area contributed by atoms with Crippen LogP contribution in [0.25, 0.3) is 44.6 Å². The maximum atomic E-state index is 13.7.